The molecule has 2 aromatic rings. The Morgan fingerprint density at radius 2 is 1.57 bits per heavy atom. The molecule has 10 nitrogen and oxygen atoms in total. The first-order valence-electron chi connectivity index (χ1n) is 12.0. The van der Waals surface area contributed by atoms with Crippen molar-refractivity contribution in [1.82, 2.24) is 15.5 Å². The summed E-state index contributed by atoms with van der Waals surface area (Å²) in [6, 6.07) is 11.3. The smallest absolute Gasteiger partial charge is 0.408 e. The average molecular weight is 509 g/mol. The van der Waals surface area contributed by atoms with E-state index in [-0.39, 0.29) is 47.9 Å². The second-order valence-electron chi connectivity index (χ2n) is 10.2. The molecule has 1 heterocycles. The summed E-state index contributed by atoms with van der Waals surface area (Å²) in [5.74, 6) is -1.38. The van der Waals surface area contributed by atoms with Gasteiger partial charge in [-0.15, -0.1) is 0 Å². The van der Waals surface area contributed by atoms with E-state index in [9.17, 15) is 24.0 Å². The highest BCUT2D eigenvalue weighted by Crippen LogP contribution is 2.25. The molecule has 2 aromatic carbocycles. The van der Waals surface area contributed by atoms with E-state index >= 15 is 0 Å². The number of carbonyl (C=O) groups is 5. The Morgan fingerprint density at radius 3 is 2.19 bits per heavy atom. The van der Waals surface area contributed by atoms with Crippen molar-refractivity contribution in [2.75, 3.05) is 18.4 Å². The topological polar surface area (TPSA) is 134 Å². The van der Waals surface area contributed by atoms with Crippen LogP contribution in [0.3, 0.4) is 0 Å². The first-order chi connectivity index (χ1) is 17.3. The Bertz CT molecular complexity index is 1210. The van der Waals surface area contributed by atoms with Gasteiger partial charge in [0.2, 0.25) is 5.91 Å². The van der Waals surface area contributed by atoms with Crippen LogP contribution in [0.1, 0.15) is 71.3 Å². The number of rotatable bonds is 8. The minimum absolute atomic E-state index is 0.138. The summed E-state index contributed by atoms with van der Waals surface area (Å²) in [6.45, 7) is 9.34. The summed E-state index contributed by atoms with van der Waals surface area (Å²) in [5.41, 5.74) is 1.48. The molecule has 1 aliphatic heterocycles. The van der Waals surface area contributed by atoms with E-state index in [1.807, 2.05) is 13.8 Å². The van der Waals surface area contributed by atoms with Crippen LogP contribution in [0.2, 0.25) is 0 Å². The number of carbonyl (C=O) groups excluding carboxylic acids is 5. The molecule has 3 rings (SSSR count). The summed E-state index contributed by atoms with van der Waals surface area (Å²) in [5, 5.41) is 7.84. The fourth-order valence-corrected chi connectivity index (χ4v) is 3.63. The predicted octanol–water partition coefficient (Wildman–Crippen LogP) is 3.33. The van der Waals surface area contributed by atoms with Crippen molar-refractivity contribution in [3.63, 3.8) is 0 Å². The van der Waals surface area contributed by atoms with Gasteiger partial charge in [-0.25, -0.2) is 4.79 Å². The van der Waals surface area contributed by atoms with Crippen LogP contribution in [-0.2, 0) is 16.1 Å². The highest BCUT2D eigenvalue weighted by Gasteiger charge is 2.36. The molecule has 0 radical (unpaired) electrons. The molecule has 5 amide bonds. The fraction of sp³-hybridized carbons (Fsp3) is 0.370. The largest absolute Gasteiger partial charge is 0.444 e. The third-order valence-electron chi connectivity index (χ3n) is 5.26. The number of fused-ring (bicyclic) bond motifs is 1. The fourth-order valence-electron chi connectivity index (χ4n) is 3.63. The second kappa shape index (κ2) is 11.2. The van der Waals surface area contributed by atoms with Gasteiger partial charge in [-0.05, 0) is 62.6 Å². The zero-order valence-electron chi connectivity index (χ0n) is 21.6. The minimum atomic E-state index is -0.680. The SMILES string of the molecule is CC(C)CN1C(=O)c2ccc(C(=O)NCc3ccc(NC(=O)CNC(=O)OC(C)(C)C)cc3)cc2C1=O. The van der Waals surface area contributed by atoms with Gasteiger partial charge in [0.1, 0.15) is 12.1 Å². The van der Waals surface area contributed by atoms with Gasteiger partial charge in [-0.1, -0.05) is 26.0 Å². The minimum Gasteiger partial charge on any atom is -0.444 e. The van der Waals surface area contributed by atoms with Crippen molar-refractivity contribution in [3.8, 4) is 0 Å². The molecule has 0 unspecified atom stereocenters. The summed E-state index contributed by atoms with van der Waals surface area (Å²) in [6.07, 6.45) is -0.680. The number of amides is 5. The number of benzene rings is 2. The van der Waals surface area contributed by atoms with Gasteiger partial charge < -0.3 is 20.7 Å². The highest BCUT2D eigenvalue weighted by atomic mass is 16.6. The number of nitrogens with zero attached hydrogens (tertiary/aromatic N) is 1. The lowest BCUT2D eigenvalue weighted by atomic mass is 10.1. The van der Waals surface area contributed by atoms with E-state index < -0.39 is 17.6 Å². The van der Waals surface area contributed by atoms with Crippen molar-refractivity contribution >= 4 is 35.4 Å². The Balaban J connectivity index is 1.51. The number of hydrogen-bond acceptors (Lipinski definition) is 6. The summed E-state index contributed by atoms with van der Waals surface area (Å²) >= 11 is 0. The van der Waals surface area contributed by atoms with Crippen molar-refractivity contribution in [2.45, 2.75) is 46.8 Å². The molecule has 0 aliphatic carbocycles. The lowest BCUT2D eigenvalue weighted by molar-refractivity contribution is -0.115. The first-order valence-corrected chi connectivity index (χ1v) is 12.0. The molecule has 37 heavy (non-hydrogen) atoms. The second-order valence-corrected chi connectivity index (χ2v) is 10.2. The van der Waals surface area contributed by atoms with E-state index in [1.54, 1.807) is 45.0 Å². The van der Waals surface area contributed by atoms with Crippen LogP contribution in [0, 0.1) is 5.92 Å². The van der Waals surface area contributed by atoms with Crippen LogP contribution < -0.4 is 16.0 Å². The van der Waals surface area contributed by atoms with Crippen molar-refractivity contribution < 1.29 is 28.7 Å². The summed E-state index contributed by atoms with van der Waals surface area (Å²) < 4.78 is 5.08. The third-order valence-corrected chi connectivity index (χ3v) is 5.26. The maximum Gasteiger partial charge on any atom is 0.408 e. The zero-order valence-corrected chi connectivity index (χ0v) is 21.6. The van der Waals surface area contributed by atoms with Gasteiger partial charge in [0.15, 0.2) is 0 Å². The van der Waals surface area contributed by atoms with Gasteiger partial charge in [0.25, 0.3) is 17.7 Å². The third kappa shape index (κ3) is 7.39. The number of nitrogens with one attached hydrogen (secondary N) is 3. The quantitative estimate of drug-likeness (QED) is 0.469. The molecule has 0 saturated carbocycles. The molecule has 0 spiro atoms. The van der Waals surface area contributed by atoms with Crippen LogP contribution >= 0.6 is 0 Å². The standard InChI is InChI=1S/C27H32N4O6/c1-16(2)15-31-24(34)20-11-8-18(12-21(20)25(31)35)23(33)28-13-17-6-9-19(10-7-17)30-22(32)14-29-26(36)37-27(3,4)5/h6-12,16H,13-15H2,1-5H3,(H,28,33)(H,29,36)(H,30,32). The molecule has 0 aromatic heterocycles. The predicted molar refractivity (Wildman–Crippen MR) is 137 cm³/mol. The first kappa shape index (κ1) is 27.4. The average Bonchev–Trinajstić information content (AvgIpc) is 3.05. The van der Waals surface area contributed by atoms with Crippen LogP contribution in [-0.4, -0.2) is 53.3 Å². The molecule has 0 bridgehead atoms. The Kier molecular flexibility index (Phi) is 8.31. The molecule has 3 N–H and O–H groups in total. The van der Waals surface area contributed by atoms with Gasteiger partial charge in [0, 0.05) is 24.3 Å². The lowest BCUT2D eigenvalue weighted by Crippen LogP contribution is -2.37. The Labute approximate surface area is 215 Å². The monoisotopic (exact) mass is 508 g/mol. The van der Waals surface area contributed by atoms with Gasteiger partial charge in [-0.3, -0.25) is 24.1 Å². The number of alkyl carbamates (subject to hydrolysis) is 1. The molecular formula is C27H32N4O6. The normalized spacial score (nSPS) is 12.9. The number of ether oxygens (including phenoxy) is 1. The molecule has 196 valence electrons. The van der Waals surface area contributed by atoms with Crippen molar-refractivity contribution in [1.29, 1.82) is 0 Å². The highest BCUT2D eigenvalue weighted by molar-refractivity contribution is 6.22. The maximum atomic E-state index is 12.7. The van der Waals surface area contributed by atoms with Gasteiger partial charge in [-0.2, -0.15) is 0 Å². The van der Waals surface area contributed by atoms with Crippen LogP contribution in [0.25, 0.3) is 0 Å². The molecule has 1 aliphatic rings. The van der Waals surface area contributed by atoms with Crippen LogP contribution in [0.4, 0.5) is 10.5 Å². The maximum absolute atomic E-state index is 12.7. The van der Waals surface area contributed by atoms with E-state index in [4.69, 9.17) is 4.74 Å². The van der Waals surface area contributed by atoms with Gasteiger partial charge >= 0.3 is 6.09 Å². The van der Waals surface area contributed by atoms with E-state index in [0.717, 1.165) is 5.56 Å². The van der Waals surface area contributed by atoms with Crippen molar-refractivity contribution in [2.24, 2.45) is 5.92 Å². The molecule has 0 saturated heterocycles. The molecule has 10 heteroatoms. The summed E-state index contributed by atoms with van der Waals surface area (Å²) in [7, 11) is 0. The van der Waals surface area contributed by atoms with Gasteiger partial charge in [0.05, 0.1) is 11.1 Å². The Hall–Kier alpha value is -4.21. The van der Waals surface area contributed by atoms with E-state index in [2.05, 4.69) is 16.0 Å². The number of anilines is 1. The zero-order chi connectivity index (χ0) is 27.3. The van der Waals surface area contributed by atoms with E-state index in [1.165, 1.54) is 23.1 Å². The number of hydrogen-bond donors (Lipinski definition) is 3. The molecule has 0 fully saturated rings. The number of imide groups is 1. The van der Waals surface area contributed by atoms with Crippen LogP contribution in [0.5, 0.6) is 0 Å². The van der Waals surface area contributed by atoms with Crippen molar-refractivity contribution in [3.05, 3.63) is 64.7 Å². The van der Waals surface area contributed by atoms with Crippen LogP contribution in [0.15, 0.2) is 42.5 Å². The molecule has 0 atom stereocenters. The Morgan fingerprint density at radius 1 is 0.919 bits per heavy atom. The lowest BCUT2D eigenvalue weighted by Gasteiger charge is -2.19. The molecular weight excluding hydrogens is 476 g/mol. The van der Waals surface area contributed by atoms with E-state index in [0.29, 0.717) is 17.8 Å². The summed E-state index contributed by atoms with van der Waals surface area (Å²) in [4.78, 5) is 62.7.